The summed E-state index contributed by atoms with van der Waals surface area (Å²) in [7, 11) is 0. The summed E-state index contributed by atoms with van der Waals surface area (Å²) in [6.45, 7) is 3.31. The van der Waals surface area contributed by atoms with Crippen LogP contribution in [-0.4, -0.2) is 22.5 Å². The van der Waals surface area contributed by atoms with E-state index in [2.05, 4.69) is 14.7 Å². The van der Waals surface area contributed by atoms with Crippen molar-refractivity contribution in [3.63, 3.8) is 0 Å². The lowest BCUT2D eigenvalue weighted by molar-refractivity contribution is 0.344. The van der Waals surface area contributed by atoms with Crippen LogP contribution in [0.15, 0.2) is 11.6 Å². The van der Waals surface area contributed by atoms with Gasteiger partial charge in [0.25, 0.3) is 0 Å². The Hall–Kier alpha value is -1.34. The lowest BCUT2D eigenvalue weighted by Crippen LogP contribution is -2.05. The molecule has 0 spiro atoms. The second-order valence-electron chi connectivity index (χ2n) is 3.26. The highest BCUT2D eigenvalue weighted by Gasteiger charge is 2.11. The Bertz CT molecular complexity index is 455. The molecule has 7 heteroatoms. The number of ether oxygens (including phenoxy) is 1. The van der Waals surface area contributed by atoms with Crippen molar-refractivity contribution in [2.45, 2.75) is 13.3 Å². The van der Waals surface area contributed by atoms with Crippen LogP contribution >= 0.6 is 22.9 Å². The van der Waals surface area contributed by atoms with Crippen molar-refractivity contribution in [2.24, 2.45) is 0 Å². The van der Waals surface area contributed by atoms with E-state index in [1.807, 2.05) is 18.5 Å². The van der Waals surface area contributed by atoms with Crippen LogP contribution in [0.25, 0.3) is 0 Å². The Labute approximate surface area is 108 Å². The number of thiazole rings is 1. The summed E-state index contributed by atoms with van der Waals surface area (Å²) in [5.74, 6) is 1.12. The molecule has 3 N–H and O–H groups in total. The molecule has 2 aromatic rings. The largest absolute Gasteiger partial charge is 0.487 e. The minimum Gasteiger partial charge on any atom is -0.487 e. The Morgan fingerprint density at radius 2 is 2.41 bits per heavy atom. The van der Waals surface area contributed by atoms with Crippen molar-refractivity contribution in [1.29, 1.82) is 0 Å². The average molecular weight is 270 g/mol. The number of rotatable bonds is 6. The summed E-state index contributed by atoms with van der Waals surface area (Å²) in [5, 5.41) is 7.26. The molecule has 92 valence electrons. The van der Waals surface area contributed by atoms with Gasteiger partial charge in [-0.1, -0.05) is 0 Å². The van der Waals surface area contributed by atoms with E-state index in [9.17, 15) is 0 Å². The second kappa shape index (κ2) is 5.83. The Morgan fingerprint density at radius 1 is 1.53 bits per heavy atom. The molecule has 0 saturated heterocycles. The molecular formula is C10H14N4OS2. The van der Waals surface area contributed by atoms with Crippen molar-refractivity contribution in [1.82, 2.24) is 9.36 Å². The number of nitrogens with one attached hydrogen (secondary N) is 1. The number of aromatic nitrogens is 2. The van der Waals surface area contributed by atoms with Gasteiger partial charge < -0.3 is 15.8 Å². The highest BCUT2D eigenvalue weighted by Crippen LogP contribution is 2.34. The molecule has 0 aliphatic rings. The Morgan fingerprint density at radius 3 is 3.12 bits per heavy atom. The Kier molecular flexibility index (Phi) is 4.16. The monoisotopic (exact) mass is 270 g/mol. The van der Waals surface area contributed by atoms with Gasteiger partial charge in [-0.2, -0.15) is 4.37 Å². The summed E-state index contributed by atoms with van der Waals surface area (Å²) in [5.41, 5.74) is 5.72. The van der Waals surface area contributed by atoms with Crippen LogP contribution in [-0.2, 0) is 6.42 Å². The molecule has 2 heterocycles. The molecule has 0 unspecified atom stereocenters. The molecule has 0 fully saturated rings. The first-order chi connectivity index (χ1) is 8.31. The molecule has 0 bridgehead atoms. The van der Waals surface area contributed by atoms with E-state index in [0.29, 0.717) is 18.2 Å². The third-order valence-corrected chi connectivity index (χ3v) is 3.71. The maximum Gasteiger partial charge on any atom is 0.197 e. The molecule has 5 nitrogen and oxygen atoms in total. The molecule has 0 radical (unpaired) electrons. The zero-order valence-corrected chi connectivity index (χ0v) is 11.1. The van der Waals surface area contributed by atoms with E-state index in [-0.39, 0.29) is 0 Å². The van der Waals surface area contributed by atoms with Crippen LogP contribution in [0.1, 0.15) is 11.9 Å². The highest BCUT2D eigenvalue weighted by molar-refractivity contribution is 7.11. The third-order valence-electron chi connectivity index (χ3n) is 2.07. The van der Waals surface area contributed by atoms with Gasteiger partial charge in [-0.3, -0.25) is 0 Å². The van der Waals surface area contributed by atoms with Gasteiger partial charge in [-0.15, -0.1) is 11.3 Å². The van der Waals surface area contributed by atoms with Gasteiger partial charge in [0.1, 0.15) is 0 Å². The minimum absolute atomic E-state index is 0.452. The van der Waals surface area contributed by atoms with E-state index in [4.69, 9.17) is 10.5 Å². The fourth-order valence-electron chi connectivity index (χ4n) is 1.35. The molecule has 0 aliphatic carbocycles. The number of nitrogens with two attached hydrogens (primary N) is 1. The highest BCUT2D eigenvalue weighted by atomic mass is 32.1. The topological polar surface area (TPSA) is 73.1 Å². The lowest BCUT2D eigenvalue weighted by Gasteiger charge is -2.06. The van der Waals surface area contributed by atoms with Gasteiger partial charge in [0.2, 0.25) is 0 Å². The van der Waals surface area contributed by atoms with Gasteiger partial charge in [0.15, 0.2) is 16.6 Å². The molecule has 0 aromatic carbocycles. The first kappa shape index (κ1) is 12.1. The maximum absolute atomic E-state index is 5.72. The predicted octanol–water partition coefficient (Wildman–Crippen LogP) is 2.24. The molecule has 2 rings (SSSR count). The first-order valence-corrected chi connectivity index (χ1v) is 6.96. The van der Waals surface area contributed by atoms with Crippen molar-refractivity contribution in [3.05, 3.63) is 16.6 Å². The van der Waals surface area contributed by atoms with Crippen LogP contribution in [0.3, 0.4) is 0 Å². The van der Waals surface area contributed by atoms with E-state index < -0.39 is 0 Å². The van der Waals surface area contributed by atoms with Gasteiger partial charge in [0, 0.05) is 24.5 Å². The average Bonchev–Trinajstić information content (AvgIpc) is 2.93. The smallest absolute Gasteiger partial charge is 0.197 e. The van der Waals surface area contributed by atoms with E-state index in [1.165, 1.54) is 11.5 Å². The van der Waals surface area contributed by atoms with Crippen LogP contribution < -0.4 is 15.8 Å². The van der Waals surface area contributed by atoms with E-state index >= 15 is 0 Å². The van der Waals surface area contributed by atoms with Gasteiger partial charge in [0.05, 0.1) is 11.6 Å². The number of nitrogens with zero attached hydrogens (tertiary/aromatic N) is 2. The zero-order chi connectivity index (χ0) is 12.1. The quantitative estimate of drug-likeness (QED) is 0.842. The first-order valence-electron chi connectivity index (χ1n) is 5.31. The fourth-order valence-corrected chi connectivity index (χ4v) is 2.66. The third kappa shape index (κ3) is 3.07. The summed E-state index contributed by atoms with van der Waals surface area (Å²) < 4.78 is 9.51. The van der Waals surface area contributed by atoms with Crippen molar-refractivity contribution in [3.8, 4) is 5.75 Å². The number of hydrogen-bond donors (Lipinski definition) is 2. The maximum atomic E-state index is 5.72. The van der Waals surface area contributed by atoms with Gasteiger partial charge in [-0.05, 0) is 18.5 Å². The minimum atomic E-state index is 0.452. The van der Waals surface area contributed by atoms with Gasteiger partial charge in [-0.25, -0.2) is 4.98 Å². The standard InChI is InChI=1S/C10H14N4OS2/c1-2-15-8-9(11)14-17-10(8)13-4-3-7-12-5-6-16-7/h5-6,13H,2-4H2,1H3,(H2,11,14). The summed E-state index contributed by atoms with van der Waals surface area (Å²) >= 11 is 2.98. The van der Waals surface area contributed by atoms with Crippen LogP contribution in [0, 0.1) is 0 Å². The Balaban J connectivity index is 1.90. The second-order valence-corrected chi connectivity index (χ2v) is 5.01. The molecular weight excluding hydrogens is 256 g/mol. The summed E-state index contributed by atoms with van der Waals surface area (Å²) in [6, 6.07) is 0. The normalized spacial score (nSPS) is 10.4. The number of anilines is 2. The summed E-state index contributed by atoms with van der Waals surface area (Å²) in [4.78, 5) is 4.22. The molecule has 0 amide bonds. The van der Waals surface area contributed by atoms with Gasteiger partial charge >= 0.3 is 0 Å². The molecule has 0 saturated carbocycles. The zero-order valence-electron chi connectivity index (χ0n) is 9.47. The van der Waals surface area contributed by atoms with Crippen LogP contribution in [0.4, 0.5) is 10.8 Å². The SMILES string of the molecule is CCOc1c(N)nsc1NCCc1nccs1. The molecule has 0 aliphatic heterocycles. The number of hydrogen-bond acceptors (Lipinski definition) is 7. The van der Waals surface area contributed by atoms with Crippen molar-refractivity contribution < 1.29 is 4.74 Å². The van der Waals surface area contributed by atoms with Crippen LogP contribution in [0.5, 0.6) is 5.75 Å². The number of nitrogen functional groups attached to an aromatic ring is 1. The lowest BCUT2D eigenvalue weighted by atomic mass is 10.4. The predicted molar refractivity (Wildman–Crippen MR) is 72.0 cm³/mol. The summed E-state index contributed by atoms with van der Waals surface area (Å²) in [6.07, 6.45) is 2.71. The molecule has 2 aromatic heterocycles. The van der Waals surface area contributed by atoms with Crippen molar-refractivity contribution in [2.75, 3.05) is 24.2 Å². The van der Waals surface area contributed by atoms with E-state index in [0.717, 1.165) is 23.0 Å². The molecule has 0 atom stereocenters. The van der Waals surface area contributed by atoms with Crippen molar-refractivity contribution >= 4 is 33.7 Å². The molecule has 17 heavy (non-hydrogen) atoms. The van der Waals surface area contributed by atoms with E-state index in [1.54, 1.807) is 11.3 Å². The fraction of sp³-hybridized carbons (Fsp3) is 0.400. The van der Waals surface area contributed by atoms with Crippen LogP contribution in [0.2, 0.25) is 0 Å².